The average molecular weight is 153 g/mol. The molecule has 0 aromatic rings. The van der Waals surface area contributed by atoms with Crippen LogP contribution < -0.4 is 0 Å². The van der Waals surface area contributed by atoms with E-state index in [1.807, 2.05) is 6.29 Å². The quantitative estimate of drug-likeness (QED) is 0.576. The molecule has 0 aromatic heterocycles. The largest absolute Gasteiger partial charge is 0.369 e. The summed E-state index contributed by atoms with van der Waals surface area (Å²) in [5.41, 5.74) is 1.11. The van der Waals surface area contributed by atoms with Crippen LogP contribution in [-0.4, -0.2) is 19.5 Å². The van der Waals surface area contributed by atoms with E-state index in [0.29, 0.717) is 0 Å². The number of allylic oxidation sites excluding steroid dienone is 1. The standard InChI is InChI=1S/C9H13O2/c1-11-9(7-10)8-5-3-2-4-6-8/h5,9H,2-4,6H2,1H3. The topological polar surface area (TPSA) is 26.3 Å². The fraction of sp³-hybridized carbons (Fsp3) is 0.667. The lowest BCUT2D eigenvalue weighted by molar-refractivity contribution is 0.174. The first-order chi connectivity index (χ1) is 5.38. The normalized spacial score (nSPS) is 20.6. The Labute approximate surface area is 67.2 Å². The molecule has 0 saturated carbocycles. The van der Waals surface area contributed by atoms with Crippen molar-refractivity contribution in [3.63, 3.8) is 0 Å². The fourth-order valence-electron chi connectivity index (χ4n) is 1.38. The molecule has 0 amide bonds. The Hall–Kier alpha value is -0.630. The summed E-state index contributed by atoms with van der Waals surface area (Å²) >= 11 is 0. The van der Waals surface area contributed by atoms with Gasteiger partial charge in [-0.2, -0.15) is 0 Å². The SMILES string of the molecule is COC([C]=O)C1=CCCCC1. The zero-order valence-electron chi connectivity index (χ0n) is 6.80. The first kappa shape index (κ1) is 8.47. The van der Waals surface area contributed by atoms with Crippen molar-refractivity contribution >= 4 is 6.29 Å². The van der Waals surface area contributed by atoms with Crippen molar-refractivity contribution in [3.05, 3.63) is 11.6 Å². The van der Waals surface area contributed by atoms with Crippen LogP contribution in [0.2, 0.25) is 0 Å². The van der Waals surface area contributed by atoms with Crippen LogP contribution in [0.4, 0.5) is 0 Å². The highest BCUT2D eigenvalue weighted by Gasteiger charge is 2.14. The van der Waals surface area contributed by atoms with Crippen molar-refractivity contribution in [2.75, 3.05) is 7.11 Å². The lowest BCUT2D eigenvalue weighted by Gasteiger charge is -2.16. The number of hydrogen-bond acceptors (Lipinski definition) is 2. The number of rotatable bonds is 3. The molecule has 11 heavy (non-hydrogen) atoms. The third-order valence-corrected chi connectivity index (χ3v) is 2.01. The second-order valence-electron chi connectivity index (χ2n) is 2.76. The summed E-state index contributed by atoms with van der Waals surface area (Å²) in [7, 11) is 1.55. The molecule has 2 heteroatoms. The summed E-state index contributed by atoms with van der Waals surface area (Å²) < 4.78 is 4.95. The summed E-state index contributed by atoms with van der Waals surface area (Å²) in [6, 6.07) is 0. The first-order valence-corrected chi connectivity index (χ1v) is 3.98. The van der Waals surface area contributed by atoms with Gasteiger partial charge in [0.2, 0.25) is 6.29 Å². The lowest BCUT2D eigenvalue weighted by Crippen LogP contribution is -2.16. The maximum atomic E-state index is 10.3. The highest BCUT2D eigenvalue weighted by Crippen LogP contribution is 2.20. The smallest absolute Gasteiger partial charge is 0.234 e. The molecule has 0 heterocycles. The molecule has 0 aliphatic heterocycles. The number of hydrogen-bond donors (Lipinski definition) is 0. The number of methoxy groups -OCH3 is 1. The Morgan fingerprint density at radius 3 is 2.91 bits per heavy atom. The van der Waals surface area contributed by atoms with Gasteiger partial charge < -0.3 is 4.74 Å². The summed E-state index contributed by atoms with van der Waals surface area (Å²) in [6.07, 6.45) is 8.06. The third kappa shape index (κ3) is 2.15. The van der Waals surface area contributed by atoms with Crippen molar-refractivity contribution in [2.45, 2.75) is 31.8 Å². The first-order valence-electron chi connectivity index (χ1n) is 3.98. The van der Waals surface area contributed by atoms with Crippen LogP contribution in [-0.2, 0) is 9.53 Å². The van der Waals surface area contributed by atoms with E-state index in [4.69, 9.17) is 4.74 Å². The predicted octanol–water partition coefficient (Wildman–Crippen LogP) is 1.61. The van der Waals surface area contributed by atoms with Gasteiger partial charge in [0.05, 0.1) is 0 Å². The van der Waals surface area contributed by atoms with Crippen LogP contribution in [0.1, 0.15) is 25.7 Å². The predicted molar refractivity (Wildman–Crippen MR) is 43.0 cm³/mol. The van der Waals surface area contributed by atoms with Gasteiger partial charge >= 0.3 is 0 Å². The molecule has 2 nitrogen and oxygen atoms in total. The Morgan fingerprint density at radius 1 is 1.64 bits per heavy atom. The van der Waals surface area contributed by atoms with Crippen molar-refractivity contribution < 1.29 is 9.53 Å². The van der Waals surface area contributed by atoms with Gasteiger partial charge in [-0.1, -0.05) is 6.08 Å². The van der Waals surface area contributed by atoms with Gasteiger partial charge in [0.1, 0.15) is 6.10 Å². The van der Waals surface area contributed by atoms with E-state index in [2.05, 4.69) is 6.08 Å². The van der Waals surface area contributed by atoms with Crippen molar-refractivity contribution in [1.29, 1.82) is 0 Å². The van der Waals surface area contributed by atoms with Crippen LogP contribution in [0.15, 0.2) is 11.6 Å². The Kier molecular flexibility index (Phi) is 3.30. The number of carbonyl (C=O) groups excluding carboxylic acids is 1. The average Bonchev–Trinajstić information content (AvgIpc) is 2.09. The van der Waals surface area contributed by atoms with Gasteiger partial charge in [0.15, 0.2) is 0 Å². The Morgan fingerprint density at radius 2 is 2.45 bits per heavy atom. The van der Waals surface area contributed by atoms with Gasteiger partial charge in [0.25, 0.3) is 0 Å². The molecule has 1 atom stereocenters. The van der Waals surface area contributed by atoms with Crippen LogP contribution in [0.5, 0.6) is 0 Å². The lowest BCUT2D eigenvalue weighted by atomic mass is 9.96. The molecule has 1 aliphatic carbocycles. The second-order valence-corrected chi connectivity index (χ2v) is 2.76. The molecule has 0 N–H and O–H groups in total. The highest BCUT2D eigenvalue weighted by atomic mass is 16.5. The van der Waals surface area contributed by atoms with Gasteiger partial charge in [-0.3, -0.25) is 4.79 Å². The summed E-state index contributed by atoms with van der Waals surface area (Å²) in [4.78, 5) is 10.3. The van der Waals surface area contributed by atoms with E-state index in [0.717, 1.165) is 18.4 Å². The van der Waals surface area contributed by atoms with Crippen LogP contribution in [0.3, 0.4) is 0 Å². The summed E-state index contributed by atoms with van der Waals surface area (Å²) in [6.45, 7) is 0. The monoisotopic (exact) mass is 153 g/mol. The molecule has 0 saturated heterocycles. The maximum Gasteiger partial charge on any atom is 0.234 e. The van der Waals surface area contributed by atoms with Crippen LogP contribution in [0, 0.1) is 0 Å². The fourth-order valence-corrected chi connectivity index (χ4v) is 1.38. The molecular formula is C9H13O2. The van der Waals surface area contributed by atoms with Crippen molar-refractivity contribution in [1.82, 2.24) is 0 Å². The Balaban J connectivity index is 2.55. The Bertz CT molecular complexity index is 161. The molecule has 1 rings (SSSR count). The van der Waals surface area contributed by atoms with Crippen molar-refractivity contribution in [2.24, 2.45) is 0 Å². The molecule has 0 bridgehead atoms. The summed E-state index contributed by atoms with van der Waals surface area (Å²) in [5.74, 6) is 0. The molecule has 0 aromatic carbocycles. The minimum Gasteiger partial charge on any atom is -0.369 e. The minimum atomic E-state index is -0.407. The van der Waals surface area contributed by atoms with Gasteiger partial charge in [0, 0.05) is 7.11 Å². The van der Waals surface area contributed by atoms with Crippen molar-refractivity contribution in [3.8, 4) is 0 Å². The zero-order valence-corrected chi connectivity index (χ0v) is 6.80. The van der Waals surface area contributed by atoms with E-state index < -0.39 is 6.10 Å². The third-order valence-electron chi connectivity index (χ3n) is 2.01. The molecular weight excluding hydrogens is 140 g/mol. The van der Waals surface area contributed by atoms with Gasteiger partial charge in [-0.25, -0.2) is 0 Å². The zero-order chi connectivity index (χ0) is 8.10. The molecule has 1 unspecified atom stereocenters. The molecule has 0 fully saturated rings. The van der Waals surface area contributed by atoms with Gasteiger partial charge in [-0.05, 0) is 31.3 Å². The molecule has 0 spiro atoms. The molecule has 1 radical (unpaired) electrons. The van der Waals surface area contributed by atoms with Crippen LogP contribution >= 0.6 is 0 Å². The number of ether oxygens (including phenoxy) is 1. The molecule has 61 valence electrons. The van der Waals surface area contributed by atoms with E-state index in [1.54, 1.807) is 7.11 Å². The minimum absolute atomic E-state index is 0.407. The maximum absolute atomic E-state index is 10.3. The van der Waals surface area contributed by atoms with E-state index >= 15 is 0 Å². The van der Waals surface area contributed by atoms with E-state index in [9.17, 15) is 4.79 Å². The summed E-state index contributed by atoms with van der Waals surface area (Å²) in [5, 5.41) is 0. The molecule has 1 aliphatic rings. The highest BCUT2D eigenvalue weighted by molar-refractivity contribution is 5.62. The second kappa shape index (κ2) is 4.29. The van der Waals surface area contributed by atoms with E-state index in [-0.39, 0.29) is 0 Å². The van der Waals surface area contributed by atoms with Crippen LogP contribution in [0.25, 0.3) is 0 Å². The van der Waals surface area contributed by atoms with E-state index in [1.165, 1.54) is 12.8 Å². The van der Waals surface area contributed by atoms with Gasteiger partial charge in [-0.15, -0.1) is 0 Å².